The largest absolute Gasteiger partial charge is 0.496 e. The van der Waals surface area contributed by atoms with Crippen molar-refractivity contribution in [2.45, 2.75) is 0 Å². The number of thioether (sulfide) groups is 1. The zero-order valence-corrected chi connectivity index (χ0v) is 8.50. The van der Waals surface area contributed by atoms with Gasteiger partial charge < -0.3 is 4.74 Å². The minimum atomic E-state index is -0.0732. The van der Waals surface area contributed by atoms with E-state index < -0.39 is 0 Å². The minimum absolute atomic E-state index is 0.0732. The average Bonchev–Trinajstić information content (AvgIpc) is 2.65. The third kappa shape index (κ3) is 1.65. The molecular formula is C10H9NO2S. The van der Waals surface area contributed by atoms with Gasteiger partial charge in [0.2, 0.25) is 0 Å². The van der Waals surface area contributed by atoms with Gasteiger partial charge in [-0.2, -0.15) is 0 Å². The number of nitrogens with zero attached hydrogens (tertiary/aromatic N) is 1. The zero-order chi connectivity index (χ0) is 9.97. The van der Waals surface area contributed by atoms with Crippen molar-refractivity contribution in [2.24, 2.45) is 4.99 Å². The van der Waals surface area contributed by atoms with Crippen LogP contribution in [0.3, 0.4) is 0 Å². The van der Waals surface area contributed by atoms with Crippen LogP contribution < -0.4 is 4.74 Å². The normalized spacial score (nSPS) is 15.5. The highest BCUT2D eigenvalue weighted by molar-refractivity contribution is 8.15. The van der Waals surface area contributed by atoms with Crippen LogP contribution in [0, 0.1) is 0 Å². The molecule has 0 bridgehead atoms. The van der Waals surface area contributed by atoms with E-state index in [1.807, 2.05) is 24.3 Å². The van der Waals surface area contributed by atoms with Gasteiger partial charge in [0.15, 0.2) is 0 Å². The van der Waals surface area contributed by atoms with Crippen molar-refractivity contribution < 1.29 is 9.53 Å². The van der Waals surface area contributed by atoms with Crippen molar-refractivity contribution in [2.75, 3.05) is 12.9 Å². The van der Waals surface area contributed by atoms with Crippen LogP contribution in [0.1, 0.15) is 5.56 Å². The number of aliphatic imine (C=N–C) groups is 1. The van der Waals surface area contributed by atoms with Gasteiger partial charge in [0, 0.05) is 5.56 Å². The highest BCUT2D eigenvalue weighted by Gasteiger charge is 2.18. The van der Waals surface area contributed by atoms with Gasteiger partial charge in [-0.15, -0.1) is 0 Å². The molecule has 3 nitrogen and oxygen atoms in total. The minimum Gasteiger partial charge on any atom is -0.496 e. The molecule has 0 saturated carbocycles. The molecule has 1 amide bonds. The van der Waals surface area contributed by atoms with Crippen LogP contribution >= 0.6 is 11.8 Å². The van der Waals surface area contributed by atoms with Crippen LogP contribution in [0.25, 0.3) is 0 Å². The zero-order valence-electron chi connectivity index (χ0n) is 7.69. The second kappa shape index (κ2) is 3.84. The molecule has 0 radical (unpaired) electrons. The Morgan fingerprint density at radius 3 is 2.86 bits per heavy atom. The number of para-hydroxylation sites is 1. The molecule has 0 atom stereocenters. The number of ether oxygens (including phenoxy) is 1. The first kappa shape index (κ1) is 9.27. The maximum absolute atomic E-state index is 11.0. The lowest BCUT2D eigenvalue weighted by atomic mass is 10.2. The lowest BCUT2D eigenvalue weighted by Gasteiger charge is -2.05. The van der Waals surface area contributed by atoms with Crippen LogP contribution in [-0.2, 0) is 4.79 Å². The van der Waals surface area contributed by atoms with Gasteiger partial charge in [0.25, 0.3) is 5.91 Å². The molecule has 4 heteroatoms. The molecule has 0 unspecified atom stereocenters. The van der Waals surface area contributed by atoms with E-state index in [9.17, 15) is 4.79 Å². The summed E-state index contributed by atoms with van der Waals surface area (Å²) in [6.45, 7) is 0. The Balaban J connectivity index is 2.41. The summed E-state index contributed by atoms with van der Waals surface area (Å²) in [6.07, 6.45) is 0. The quantitative estimate of drug-likeness (QED) is 0.741. The van der Waals surface area contributed by atoms with E-state index >= 15 is 0 Å². The Kier molecular flexibility index (Phi) is 2.54. The number of hydrogen-bond acceptors (Lipinski definition) is 3. The van der Waals surface area contributed by atoms with Gasteiger partial charge >= 0.3 is 0 Å². The average molecular weight is 207 g/mol. The summed E-state index contributed by atoms with van der Waals surface area (Å²) in [6, 6.07) is 7.57. The summed E-state index contributed by atoms with van der Waals surface area (Å²) in [5.74, 6) is 1.12. The van der Waals surface area contributed by atoms with Gasteiger partial charge in [0.1, 0.15) is 10.8 Å². The molecule has 0 fully saturated rings. The Bertz CT molecular complexity index is 401. The summed E-state index contributed by atoms with van der Waals surface area (Å²) in [7, 11) is 1.61. The van der Waals surface area contributed by atoms with Gasteiger partial charge in [-0.1, -0.05) is 23.9 Å². The molecule has 1 aromatic rings. The molecule has 1 aliphatic rings. The van der Waals surface area contributed by atoms with Crippen LogP contribution in [-0.4, -0.2) is 23.8 Å². The number of methoxy groups -OCH3 is 1. The maximum Gasteiger partial charge on any atom is 0.257 e. The van der Waals surface area contributed by atoms with E-state index in [0.717, 1.165) is 16.4 Å². The molecule has 0 aliphatic carbocycles. The Labute approximate surface area is 86.2 Å². The van der Waals surface area contributed by atoms with Crippen molar-refractivity contribution in [3.63, 3.8) is 0 Å². The van der Waals surface area contributed by atoms with Crippen molar-refractivity contribution in [3.8, 4) is 5.75 Å². The number of benzene rings is 1. The van der Waals surface area contributed by atoms with Crippen molar-refractivity contribution in [1.82, 2.24) is 0 Å². The summed E-state index contributed by atoms with van der Waals surface area (Å²) in [5, 5.41) is 0.757. The van der Waals surface area contributed by atoms with Crippen molar-refractivity contribution >= 4 is 22.7 Å². The van der Waals surface area contributed by atoms with Gasteiger partial charge in [-0.05, 0) is 12.1 Å². The topological polar surface area (TPSA) is 38.7 Å². The second-order valence-corrected chi connectivity index (χ2v) is 3.76. The standard InChI is InChI=1S/C10H9NO2S/c1-13-8-5-3-2-4-7(8)10-11-9(12)6-14-10/h2-5H,6H2,1H3. The maximum atomic E-state index is 11.0. The van der Waals surface area contributed by atoms with Gasteiger partial charge in [0.05, 0.1) is 12.9 Å². The molecule has 1 heterocycles. The third-order valence-corrected chi connectivity index (χ3v) is 2.87. The molecule has 0 spiro atoms. The second-order valence-electron chi connectivity index (χ2n) is 2.80. The van der Waals surface area contributed by atoms with Crippen LogP contribution in [0.2, 0.25) is 0 Å². The molecule has 0 saturated heterocycles. The molecule has 2 rings (SSSR count). The number of carbonyl (C=O) groups is 1. The summed E-state index contributed by atoms with van der Waals surface area (Å²) < 4.78 is 5.19. The summed E-state index contributed by atoms with van der Waals surface area (Å²) in [4.78, 5) is 14.9. The van der Waals surface area contributed by atoms with E-state index in [1.165, 1.54) is 11.8 Å². The van der Waals surface area contributed by atoms with Gasteiger partial charge in [-0.3, -0.25) is 4.79 Å². The van der Waals surface area contributed by atoms with Crippen molar-refractivity contribution in [1.29, 1.82) is 0 Å². The molecule has 1 aliphatic heterocycles. The first-order valence-electron chi connectivity index (χ1n) is 4.19. The molecule has 0 aromatic heterocycles. The SMILES string of the molecule is COc1ccccc1C1=NC(=O)CS1. The highest BCUT2D eigenvalue weighted by atomic mass is 32.2. The van der Waals surface area contributed by atoms with Crippen LogP contribution in [0.15, 0.2) is 29.3 Å². The summed E-state index contributed by atoms with van der Waals surface area (Å²) >= 11 is 1.45. The lowest BCUT2D eigenvalue weighted by molar-refractivity contribution is -0.115. The van der Waals surface area contributed by atoms with Crippen LogP contribution in [0.4, 0.5) is 0 Å². The van der Waals surface area contributed by atoms with E-state index in [2.05, 4.69) is 4.99 Å². The van der Waals surface area contributed by atoms with Crippen molar-refractivity contribution in [3.05, 3.63) is 29.8 Å². The summed E-state index contributed by atoms with van der Waals surface area (Å²) in [5.41, 5.74) is 0.894. The molecule has 1 aromatic carbocycles. The fourth-order valence-corrected chi connectivity index (χ4v) is 2.08. The fraction of sp³-hybridized carbons (Fsp3) is 0.200. The Morgan fingerprint density at radius 2 is 2.21 bits per heavy atom. The van der Waals surface area contributed by atoms with E-state index in [0.29, 0.717) is 5.75 Å². The first-order chi connectivity index (χ1) is 6.81. The highest BCUT2D eigenvalue weighted by Crippen LogP contribution is 2.26. The van der Waals surface area contributed by atoms with E-state index in [1.54, 1.807) is 7.11 Å². The fourth-order valence-electron chi connectivity index (χ4n) is 1.27. The van der Waals surface area contributed by atoms with E-state index in [4.69, 9.17) is 4.74 Å². The molecule has 14 heavy (non-hydrogen) atoms. The van der Waals surface area contributed by atoms with E-state index in [-0.39, 0.29) is 5.91 Å². The monoisotopic (exact) mass is 207 g/mol. The predicted octanol–water partition coefficient (Wildman–Crippen LogP) is 1.72. The predicted molar refractivity (Wildman–Crippen MR) is 57.0 cm³/mol. The Hall–Kier alpha value is -1.29. The Morgan fingerprint density at radius 1 is 1.43 bits per heavy atom. The third-order valence-electron chi connectivity index (χ3n) is 1.90. The molecule has 72 valence electrons. The van der Waals surface area contributed by atoms with Gasteiger partial charge in [-0.25, -0.2) is 4.99 Å². The number of amides is 1. The first-order valence-corrected chi connectivity index (χ1v) is 5.17. The number of carbonyl (C=O) groups excluding carboxylic acids is 1. The smallest absolute Gasteiger partial charge is 0.257 e. The molecular weight excluding hydrogens is 198 g/mol. The lowest BCUT2D eigenvalue weighted by Crippen LogP contribution is -1.96. The van der Waals surface area contributed by atoms with Crippen LogP contribution in [0.5, 0.6) is 5.75 Å². The number of hydrogen-bond donors (Lipinski definition) is 0. The number of rotatable bonds is 2. The molecule has 0 N–H and O–H groups in total.